The molecule has 1 aliphatic rings. The highest BCUT2D eigenvalue weighted by Gasteiger charge is 2.24. The SMILES string of the molecule is CCCCC1CCC(c2cc(F)c(-c3ccc4cc(O)ccc4c3)c(F)c2)CC1. The first-order valence-corrected chi connectivity index (χ1v) is 10.8. The van der Waals surface area contributed by atoms with Gasteiger partial charge >= 0.3 is 0 Å². The van der Waals surface area contributed by atoms with E-state index >= 15 is 0 Å². The van der Waals surface area contributed by atoms with Gasteiger partial charge < -0.3 is 5.11 Å². The van der Waals surface area contributed by atoms with E-state index in [0.717, 1.165) is 47.9 Å². The van der Waals surface area contributed by atoms with Crippen molar-refractivity contribution in [3.8, 4) is 16.9 Å². The number of fused-ring (bicyclic) bond motifs is 1. The number of phenolic OH excluding ortho intramolecular Hbond substituents is 1. The van der Waals surface area contributed by atoms with Crippen molar-refractivity contribution in [2.45, 2.75) is 57.8 Å². The first-order valence-electron chi connectivity index (χ1n) is 10.8. The van der Waals surface area contributed by atoms with Gasteiger partial charge in [-0.1, -0.05) is 44.4 Å². The quantitative estimate of drug-likeness (QED) is 0.465. The van der Waals surface area contributed by atoms with Crippen molar-refractivity contribution < 1.29 is 13.9 Å². The van der Waals surface area contributed by atoms with Gasteiger partial charge in [-0.3, -0.25) is 0 Å². The Morgan fingerprint density at radius 3 is 2.21 bits per heavy atom. The van der Waals surface area contributed by atoms with Crippen LogP contribution in [0.3, 0.4) is 0 Å². The molecule has 1 fully saturated rings. The van der Waals surface area contributed by atoms with Gasteiger partial charge in [-0.05, 0) is 89.8 Å². The molecule has 1 N–H and O–H groups in total. The molecule has 0 radical (unpaired) electrons. The molecule has 3 aromatic carbocycles. The predicted octanol–water partition coefficient (Wildman–Crippen LogP) is 7.95. The zero-order valence-corrected chi connectivity index (χ0v) is 16.9. The maximum atomic E-state index is 15.0. The number of aromatic hydroxyl groups is 1. The van der Waals surface area contributed by atoms with Crippen molar-refractivity contribution in [2.75, 3.05) is 0 Å². The Bertz CT molecular complexity index is 980. The van der Waals surface area contributed by atoms with Gasteiger partial charge in [0, 0.05) is 0 Å². The molecule has 0 atom stereocenters. The van der Waals surface area contributed by atoms with Crippen LogP contribution in [0.5, 0.6) is 5.75 Å². The van der Waals surface area contributed by atoms with E-state index in [0.29, 0.717) is 5.56 Å². The van der Waals surface area contributed by atoms with Crippen LogP contribution in [0.1, 0.15) is 63.4 Å². The highest BCUT2D eigenvalue weighted by atomic mass is 19.1. The van der Waals surface area contributed by atoms with Crippen LogP contribution in [0.2, 0.25) is 0 Å². The Labute approximate surface area is 171 Å². The molecule has 0 aromatic heterocycles. The van der Waals surface area contributed by atoms with E-state index < -0.39 is 11.6 Å². The number of phenols is 1. The van der Waals surface area contributed by atoms with Crippen LogP contribution in [-0.4, -0.2) is 5.11 Å². The third-order valence-electron chi connectivity index (χ3n) is 6.46. The van der Waals surface area contributed by atoms with Crippen molar-refractivity contribution >= 4 is 10.8 Å². The maximum absolute atomic E-state index is 15.0. The van der Waals surface area contributed by atoms with Gasteiger partial charge in [0.05, 0.1) is 5.56 Å². The van der Waals surface area contributed by atoms with Gasteiger partial charge in [-0.2, -0.15) is 0 Å². The van der Waals surface area contributed by atoms with E-state index in [-0.39, 0.29) is 17.2 Å². The molecular formula is C26H28F2O. The van der Waals surface area contributed by atoms with Crippen LogP contribution in [0.4, 0.5) is 8.78 Å². The lowest BCUT2D eigenvalue weighted by Crippen LogP contribution is -2.14. The molecular weight excluding hydrogens is 366 g/mol. The van der Waals surface area contributed by atoms with Crippen LogP contribution in [0, 0.1) is 17.6 Å². The Morgan fingerprint density at radius 2 is 1.52 bits per heavy atom. The molecule has 3 aromatic rings. The molecule has 152 valence electrons. The maximum Gasteiger partial charge on any atom is 0.134 e. The molecule has 0 amide bonds. The van der Waals surface area contributed by atoms with E-state index in [1.54, 1.807) is 36.4 Å². The Balaban J connectivity index is 1.57. The van der Waals surface area contributed by atoms with Crippen LogP contribution in [0.15, 0.2) is 48.5 Å². The van der Waals surface area contributed by atoms with Crippen LogP contribution in [-0.2, 0) is 0 Å². The second-order valence-electron chi connectivity index (χ2n) is 8.47. The molecule has 0 spiro atoms. The van der Waals surface area contributed by atoms with Gasteiger partial charge in [0.15, 0.2) is 0 Å². The molecule has 0 unspecified atom stereocenters. The molecule has 0 bridgehead atoms. The van der Waals surface area contributed by atoms with Gasteiger partial charge in [0.25, 0.3) is 0 Å². The van der Waals surface area contributed by atoms with Crippen molar-refractivity contribution in [3.05, 3.63) is 65.7 Å². The van der Waals surface area contributed by atoms with Gasteiger partial charge in [-0.15, -0.1) is 0 Å². The van der Waals surface area contributed by atoms with Gasteiger partial charge in [0.1, 0.15) is 17.4 Å². The van der Waals surface area contributed by atoms with Crippen LogP contribution in [0.25, 0.3) is 21.9 Å². The highest BCUT2D eigenvalue weighted by molar-refractivity contribution is 5.88. The molecule has 0 aliphatic heterocycles. The number of halogens is 2. The predicted molar refractivity (Wildman–Crippen MR) is 115 cm³/mol. The van der Waals surface area contributed by atoms with E-state index in [1.807, 2.05) is 0 Å². The number of hydrogen-bond acceptors (Lipinski definition) is 1. The molecule has 0 heterocycles. The number of benzene rings is 3. The molecule has 3 heteroatoms. The molecule has 1 saturated carbocycles. The zero-order chi connectivity index (χ0) is 20.4. The summed E-state index contributed by atoms with van der Waals surface area (Å²) < 4.78 is 30.0. The molecule has 1 aliphatic carbocycles. The average Bonchev–Trinajstić information content (AvgIpc) is 2.72. The minimum atomic E-state index is -0.494. The van der Waals surface area contributed by atoms with Crippen LogP contribution >= 0.6 is 0 Å². The van der Waals surface area contributed by atoms with Crippen molar-refractivity contribution in [1.82, 2.24) is 0 Å². The molecule has 0 saturated heterocycles. The Hall–Kier alpha value is -2.42. The fraction of sp³-hybridized carbons (Fsp3) is 0.385. The van der Waals surface area contributed by atoms with Crippen molar-refractivity contribution in [3.63, 3.8) is 0 Å². The second-order valence-corrected chi connectivity index (χ2v) is 8.47. The number of unbranched alkanes of at least 4 members (excludes halogenated alkanes) is 1. The third kappa shape index (κ3) is 4.29. The summed E-state index contributed by atoms with van der Waals surface area (Å²) in [6.07, 6.45) is 8.15. The van der Waals surface area contributed by atoms with E-state index in [2.05, 4.69) is 6.92 Å². The summed E-state index contributed by atoms with van der Waals surface area (Å²) in [6.45, 7) is 2.22. The lowest BCUT2D eigenvalue weighted by atomic mass is 9.77. The standard InChI is InChI=1S/C26H28F2O/c1-2-3-4-17-5-7-18(8-6-17)22-15-24(27)26(25(28)16-22)21-10-9-20-14-23(29)12-11-19(20)13-21/h9-18,29H,2-8H2,1H3. The summed E-state index contributed by atoms with van der Waals surface area (Å²) in [4.78, 5) is 0. The zero-order valence-electron chi connectivity index (χ0n) is 16.9. The fourth-order valence-corrected chi connectivity index (χ4v) is 4.77. The molecule has 1 nitrogen and oxygen atoms in total. The number of rotatable bonds is 5. The second kappa shape index (κ2) is 8.52. The summed E-state index contributed by atoms with van der Waals surface area (Å²) in [5.74, 6) is 0.219. The summed E-state index contributed by atoms with van der Waals surface area (Å²) in [5, 5.41) is 11.3. The summed E-state index contributed by atoms with van der Waals surface area (Å²) in [5.41, 5.74) is 1.34. The van der Waals surface area contributed by atoms with Crippen molar-refractivity contribution in [2.24, 2.45) is 5.92 Å². The van der Waals surface area contributed by atoms with Crippen LogP contribution < -0.4 is 0 Å². The minimum Gasteiger partial charge on any atom is -0.508 e. The number of hydrogen-bond donors (Lipinski definition) is 1. The molecule has 4 rings (SSSR count). The Kier molecular flexibility index (Phi) is 5.84. The fourth-order valence-electron chi connectivity index (χ4n) is 4.77. The first kappa shape index (κ1) is 19.9. The van der Waals surface area contributed by atoms with Crippen molar-refractivity contribution in [1.29, 1.82) is 0 Å². The smallest absolute Gasteiger partial charge is 0.134 e. The third-order valence-corrected chi connectivity index (χ3v) is 6.46. The molecule has 29 heavy (non-hydrogen) atoms. The summed E-state index contributed by atoms with van der Waals surface area (Å²) in [7, 11) is 0. The van der Waals surface area contributed by atoms with E-state index in [9.17, 15) is 13.9 Å². The van der Waals surface area contributed by atoms with Gasteiger partial charge in [-0.25, -0.2) is 8.78 Å². The average molecular weight is 395 g/mol. The van der Waals surface area contributed by atoms with E-state index in [1.165, 1.54) is 31.4 Å². The summed E-state index contributed by atoms with van der Waals surface area (Å²) >= 11 is 0. The highest BCUT2D eigenvalue weighted by Crippen LogP contribution is 2.40. The monoisotopic (exact) mass is 394 g/mol. The summed E-state index contributed by atoms with van der Waals surface area (Å²) in [6, 6.07) is 13.3. The largest absolute Gasteiger partial charge is 0.508 e. The topological polar surface area (TPSA) is 20.2 Å². The van der Waals surface area contributed by atoms with Gasteiger partial charge in [0.2, 0.25) is 0 Å². The normalized spacial score (nSPS) is 19.6. The van der Waals surface area contributed by atoms with E-state index in [4.69, 9.17) is 0 Å². The lowest BCUT2D eigenvalue weighted by molar-refractivity contribution is 0.303. The Morgan fingerprint density at radius 1 is 0.862 bits per heavy atom. The first-order chi connectivity index (χ1) is 14.0. The lowest BCUT2D eigenvalue weighted by Gasteiger charge is -2.29. The minimum absolute atomic E-state index is 0.0281.